The summed E-state index contributed by atoms with van der Waals surface area (Å²) in [5.41, 5.74) is 0.628. The molecule has 0 bridgehead atoms. The molecule has 4 amide bonds. The number of hydroxylamine groups is 2. The Balaban J connectivity index is 1.23. The maximum Gasteiger partial charge on any atom is 0.527 e. The number of hydrogen-bond donors (Lipinski definition) is 2. The van der Waals surface area contributed by atoms with Crippen molar-refractivity contribution in [2.75, 3.05) is 45.9 Å². The summed E-state index contributed by atoms with van der Waals surface area (Å²) in [7, 11) is 0. The summed E-state index contributed by atoms with van der Waals surface area (Å²) in [4.78, 5) is 74.2. The minimum atomic E-state index is -0.833. The number of ether oxygens (including phenoxy) is 2. The summed E-state index contributed by atoms with van der Waals surface area (Å²) >= 11 is 0. The average Bonchev–Trinajstić information content (AvgIpc) is 3.80. The van der Waals surface area contributed by atoms with Crippen LogP contribution >= 0.6 is 0 Å². The molecule has 3 heterocycles. The zero-order valence-corrected chi connectivity index (χ0v) is 29.9. The van der Waals surface area contributed by atoms with Gasteiger partial charge in [0.05, 0.1) is 25.4 Å². The summed E-state index contributed by atoms with van der Waals surface area (Å²) in [6, 6.07) is 9.35. The first kappa shape index (κ1) is 37.6. The van der Waals surface area contributed by atoms with E-state index in [9.17, 15) is 24.0 Å². The minimum absolute atomic E-state index is 0.0149. The van der Waals surface area contributed by atoms with E-state index in [1.165, 1.54) is 15.8 Å². The van der Waals surface area contributed by atoms with E-state index in [0.29, 0.717) is 57.9 Å². The van der Waals surface area contributed by atoms with Crippen molar-refractivity contribution < 1.29 is 38.3 Å². The molecule has 1 aromatic heterocycles. The molecule has 5 rings (SSSR count). The number of aromatic nitrogens is 2. The highest BCUT2D eigenvalue weighted by Crippen LogP contribution is 2.24. The van der Waals surface area contributed by atoms with Crippen LogP contribution in [0.25, 0.3) is 5.69 Å². The van der Waals surface area contributed by atoms with E-state index >= 15 is 0 Å². The molecule has 2 saturated heterocycles. The highest BCUT2D eigenvalue weighted by Gasteiger charge is 2.37. The van der Waals surface area contributed by atoms with E-state index in [1.54, 1.807) is 21.9 Å². The van der Waals surface area contributed by atoms with Crippen LogP contribution in [0.3, 0.4) is 0 Å². The van der Waals surface area contributed by atoms with Crippen molar-refractivity contribution in [1.82, 2.24) is 35.3 Å². The van der Waals surface area contributed by atoms with Crippen molar-refractivity contribution in [3.63, 3.8) is 0 Å². The fraction of sp³-hybridized carbons (Fsp3) is 0.611. The van der Waals surface area contributed by atoms with E-state index in [-0.39, 0.29) is 47.9 Å². The molecule has 2 aromatic rings. The first-order valence-electron chi connectivity index (χ1n) is 18.3. The monoisotopic (exact) mass is 709 g/mol. The Labute approximate surface area is 298 Å². The lowest BCUT2D eigenvalue weighted by Gasteiger charge is -2.36. The van der Waals surface area contributed by atoms with E-state index in [0.717, 1.165) is 38.5 Å². The van der Waals surface area contributed by atoms with Gasteiger partial charge in [-0.2, -0.15) is 5.10 Å². The fourth-order valence-corrected chi connectivity index (χ4v) is 6.26. The quantitative estimate of drug-likeness (QED) is 0.208. The number of hydrogen-bond acceptors (Lipinski definition) is 10. The SMILES string of the molecule is CCCCOC(=O)ON1CCN(C(=O)[C@@H](NC(=O)c2cc(OCC(=O)N3CCC[C@H]3C(=O)NC3CCC3)n(-c3ccccc3)n2)[C@H](C)CC)CC1. The molecular weight excluding hydrogens is 658 g/mol. The second-order valence-electron chi connectivity index (χ2n) is 13.4. The van der Waals surface area contributed by atoms with Crippen LogP contribution in [0.5, 0.6) is 5.88 Å². The molecule has 2 aliphatic heterocycles. The Kier molecular flexibility index (Phi) is 13.3. The van der Waals surface area contributed by atoms with Crippen LogP contribution < -0.4 is 15.4 Å². The van der Waals surface area contributed by atoms with Crippen molar-refractivity contribution in [2.24, 2.45) is 5.92 Å². The van der Waals surface area contributed by atoms with Crippen molar-refractivity contribution in [1.29, 1.82) is 0 Å². The van der Waals surface area contributed by atoms with Crippen molar-refractivity contribution in [2.45, 2.75) is 90.3 Å². The van der Waals surface area contributed by atoms with Crippen LogP contribution in [-0.4, -0.2) is 118 Å². The number of benzene rings is 1. The van der Waals surface area contributed by atoms with Gasteiger partial charge < -0.3 is 34.7 Å². The minimum Gasteiger partial charge on any atom is -0.467 e. The Morgan fingerprint density at radius 3 is 2.37 bits per heavy atom. The second-order valence-corrected chi connectivity index (χ2v) is 13.4. The van der Waals surface area contributed by atoms with Gasteiger partial charge >= 0.3 is 6.16 Å². The maximum atomic E-state index is 13.8. The van der Waals surface area contributed by atoms with Crippen LogP contribution in [0.4, 0.5) is 4.79 Å². The number of piperazine rings is 1. The van der Waals surface area contributed by atoms with E-state index < -0.39 is 24.1 Å². The summed E-state index contributed by atoms with van der Waals surface area (Å²) in [6.45, 7) is 7.48. The second kappa shape index (κ2) is 18.0. The smallest absolute Gasteiger partial charge is 0.467 e. The standard InChI is InChI=1S/C36H51N7O8/c1-4-6-22-49-36(48)51-41-20-18-40(19-21-41)35(47)32(25(3)5-2)38-33(45)28-23-31(43(39-28)27-14-8-7-9-15-27)50-24-30(44)42-17-11-16-29(42)34(46)37-26-12-10-13-26/h7-9,14-15,23,25-26,29,32H,4-6,10-13,16-22,24H2,1-3H3,(H,37,46)(H,38,45)/t25-,29+,32+/m1/s1. The maximum absolute atomic E-state index is 13.8. The molecule has 0 unspecified atom stereocenters. The lowest BCUT2D eigenvalue weighted by molar-refractivity contribution is -0.158. The third-order valence-electron chi connectivity index (χ3n) is 9.82. The normalized spacial score (nSPS) is 19.1. The molecule has 3 aliphatic rings. The molecule has 3 atom stereocenters. The molecule has 15 nitrogen and oxygen atoms in total. The average molecular weight is 710 g/mol. The molecule has 15 heteroatoms. The Bertz CT molecular complexity index is 1510. The third kappa shape index (κ3) is 9.78. The predicted molar refractivity (Wildman–Crippen MR) is 186 cm³/mol. The van der Waals surface area contributed by atoms with Gasteiger partial charge in [-0.3, -0.25) is 19.2 Å². The highest BCUT2D eigenvalue weighted by atomic mass is 16.8. The van der Waals surface area contributed by atoms with Gasteiger partial charge in [-0.15, -0.1) is 5.06 Å². The summed E-state index contributed by atoms with van der Waals surface area (Å²) in [5, 5.41) is 11.9. The van der Waals surface area contributed by atoms with Gasteiger partial charge in [0.15, 0.2) is 12.3 Å². The number of carbonyl (C=O) groups excluding carboxylic acids is 5. The summed E-state index contributed by atoms with van der Waals surface area (Å²) in [5.74, 6) is -1.28. The molecule has 0 radical (unpaired) electrons. The van der Waals surface area contributed by atoms with Gasteiger partial charge in [0.2, 0.25) is 17.7 Å². The topological polar surface area (TPSA) is 165 Å². The van der Waals surface area contributed by atoms with Crippen molar-refractivity contribution in [3.8, 4) is 11.6 Å². The van der Waals surface area contributed by atoms with Crippen LogP contribution in [0.2, 0.25) is 0 Å². The molecule has 1 aromatic carbocycles. The molecule has 3 fully saturated rings. The number of para-hydroxylation sites is 1. The Hall–Kier alpha value is -4.66. The number of carbonyl (C=O) groups is 5. The molecule has 1 saturated carbocycles. The van der Waals surface area contributed by atoms with E-state index in [4.69, 9.17) is 14.3 Å². The molecule has 278 valence electrons. The van der Waals surface area contributed by atoms with Gasteiger partial charge in [-0.1, -0.05) is 51.8 Å². The molecule has 2 N–H and O–H groups in total. The molecule has 51 heavy (non-hydrogen) atoms. The third-order valence-corrected chi connectivity index (χ3v) is 9.82. The van der Waals surface area contributed by atoms with E-state index in [1.807, 2.05) is 39.0 Å². The van der Waals surface area contributed by atoms with Crippen LogP contribution in [0.1, 0.15) is 82.6 Å². The Morgan fingerprint density at radius 1 is 0.961 bits per heavy atom. The molecular formula is C36H51N7O8. The fourth-order valence-electron chi connectivity index (χ4n) is 6.26. The van der Waals surface area contributed by atoms with Gasteiger partial charge in [0.1, 0.15) is 12.1 Å². The largest absolute Gasteiger partial charge is 0.527 e. The van der Waals surface area contributed by atoms with Crippen LogP contribution in [0, 0.1) is 5.92 Å². The van der Waals surface area contributed by atoms with Crippen molar-refractivity contribution >= 4 is 29.8 Å². The van der Waals surface area contributed by atoms with Crippen LogP contribution in [-0.2, 0) is 24.0 Å². The number of amides is 4. The zero-order chi connectivity index (χ0) is 36.3. The van der Waals surface area contributed by atoms with Gasteiger partial charge in [0.25, 0.3) is 11.8 Å². The molecule has 1 aliphatic carbocycles. The Morgan fingerprint density at radius 2 is 1.71 bits per heavy atom. The number of rotatable bonds is 15. The van der Waals surface area contributed by atoms with Crippen LogP contribution in [0.15, 0.2) is 36.4 Å². The van der Waals surface area contributed by atoms with E-state index in [2.05, 4.69) is 15.7 Å². The highest BCUT2D eigenvalue weighted by molar-refractivity contribution is 5.96. The first-order valence-corrected chi connectivity index (χ1v) is 18.3. The number of nitrogens with one attached hydrogen (secondary N) is 2. The predicted octanol–water partition coefficient (Wildman–Crippen LogP) is 3.07. The summed E-state index contributed by atoms with van der Waals surface area (Å²) in [6.07, 6.45) is 5.88. The number of likely N-dealkylation sites (tertiary alicyclic amines) is 1. The first-order chi connectivity index (χ1) is 24.7. The van der Waals surface area contributed by atoms with Gasteiger partial charge in [0, 0.05) is 31.7 Å². The zero-order valence-electron chi connectivity index (χ0n) is 29.9. The number of nitrogens with zero attached hydrogens (tertiary/aromatic N) is 5. The lowest BCUT2D eigenvalue weighted by atomic mass is 9.93. The summed E-state index contributed by atoms with van der Waals surface area (Å²) < 4.78 is 12.5. The van der Waals surface area contributed by atoms with Crippen molar-refractivity contribution in [3.05, 3.63) is 42.1 Å². The molecule has 0 spiro atoms. The lowest BCUT2D eigenvalue weighted by Crippen LogP contribution is -2.56. The van der Waals surface area contributed by atoms with Gasteiger partial charge in [-0.25, -0.2) is 9.48 Å². The van der Waals surface area contributed by atoms with Gasteiger partial charge in [-0.05, 0) is 56.6 Å². The number of unbranched alkanes of at least 4 members (excludes halogenated alkanes) is 1.